The van der Waals surface area contributed by atoms with Gasteiger partial charge in [-0.3, -0.25) is 4.79 Å². The summed E-state index contributed by atoms with van der Waals surface area (Å²) in [4.78, 5) is 14.8. The van der Waals surface area contributed by atoms with Crippen LogP contribution in [0.3, 0.4) is 0 Å². The molecule has 2 aromatic rings. The van der Waals surface area contributed by atoms with Gasteiger partial charge in [-0.2, -0.15) is 5.26 Å². The number of carbonyl (C=O) groups excluding carboxylic acids is 1. The summed E-state index contributed by atoms with van der Waals surface area (Å²) in [6.45, 7) is 0.126. The van der Waals surface area contributed by atoms with Crippen molar-refractivity contribution in [1.82, 2.24) is 4.98 Å². The van der Waals surface area contributed by atoms with E-state index in [1.165, 1.54) is 6.20 Å². The molecule has 0 saturated heterocycles. The van der Waals surface area contributed by atoms with Crippen molar-refractivity contribution < 1.29 is 9.53 Å². The normalized spacial score (nSPS) is 9.68. The zero-order valence-corrected chi connectivity index (χ0v) is 10.6. The number of rotatable bonds is 4. The number of nitrogens with zero attached hydrogens (tertiary/aromatic N) is 2. The Labute approximate surface area is 115 Å². The topological polar surface area (TPSA) is 63.0 Å². The molecule has 1 aromatic carbocycles. The molecular formula is C14H9ClN2O2. The molecule has 0 fully saturated rings. The van der Waals surface area contributed by atoms with Gasteiger partial charge >= 0.3 is 0 Å². The van der Waals surface area contributed by atoms with Crippen molar-refractivity contribution in [2.45, 2.75) is 6.61 Å². The molecule has 0 radical (unpaired) electrons. The largest absolute Gasteiger partial charge is 0.486 e. The number of aldehydes is 1. The monoisotopic (exact) mass is 272 g/mol. The van der Waals surface area contributed by atoms with Gasteiger partial charge in [0, 0.05) is 11.8 Å². The van der Waals surface area contributed by atoms with Gasteiger partial charge in [0.25, 0.3) is 0 Å². The van der Waals surface area contributed by atoms with Crippen LogP contribution in [0, 0.1) is 11.3 Å². The van der Waals surface area contributed by atoms with Crippen LogP contribution in [0.15, 0.2) is 36.5 Å². The third kappa shape index (κ3) is 2.90. The predicted molar refractivity (Wildman–Crippen MR) is 70.1 cm³/mol. The summed E-state index contributed by atoms with van der Waals surface area (Å²) >= 11 is 5.98. The Morgan fingerprint density at radius 2 is 2.21 bits per heavy atom. The van der Waals surface area contributed by atoms with Crippen LogP contribution >= 0.6 is 11.6 Å². The van der Waals surface area contributed by atoms with Crippen LogP contribution in [0.1, 0.15) is 21.6 Å². The Morgan fingerprint density at radius 3 is 2.95 bits per heavy atom. The maximum Gasteiger partial charge on any atom is 0.153 e. The quantitative estimate of drug-likeness (QED) is 0.803. The third-order valence-electron chi connectivity index (χ3n) is 2.49. The Bertz CT molecular complexity index is 650. The SMILES string of the molecule is N#Cc1ncccc1COc1c(Cl)cccc1C=O. The minimum atomic E-state index is 0.126. The smallest absolute Gasteiger partial charge is 0.153 e. The Morgan fingerprint density at radius 1 is 1.37 bits per heavy atom. The number of pyridine rings is 1. The first-order valence-electron chi connectivity index (χ1n) is 5.46. The van der Waals surface area contributed by atoms with Gasteiger partial charge in [0.05, 0.1) is 10.6 Å². The fourth-order valence-corrected chi connectivity index (χ4v) is 1.81. The zero-order valence-electron chi connectivity index (χ0n) is 9.84. The first-order chi connectivity index (χ1) is 9.26. The molecule has 0 aliphatic heterocycles. The van der Waals surface area contributed by atoms with E-state index < -0.39 is 0 Å². The van der Waals surface area contributed by atoms with Gasteiger partial charge < -0.3 is 4.74 Å². The van der Waals surface area contributed by atoms with Crippen molar-refractivity contribution in [1.29, 1.82) is 5.26 Å². The molecule has 19 heavy (non-hydrogen) atoms. The van der Waals surface area contributed by atoms with Gasteiger partial charge in [-0.25, -0.2) is 4.98 Å². The molecule has 4 nitrogen and oxygen atoms in total. The number of hydrogen-bond donors (Lipinski definition) is 0. The molecule has 1 aromatic heterocycles. The Kier molecular flexibility index (Phi) is 4.11. The van der Waals surface area contributed by atoms with E-state index in [4.69, 9.17) is 21.6 Å². The number of halogens is 1. The van der Waals surface area contributed by atoms with Crippen LogP contribution < -0.4 is 4.74 Å². The summed E-state index contributed by atoms with van der Waals surface area (Å²) in [7, 11) is 0. The minimum Gasteiger partial charge on any atom is -0.486 e. The van der Waals surface area contributed by atoms with Crippen LogP contribution in [0.25, 0.3) is 0 Å². The van der Waals surface area contributed by atoms with E-state index in [0.717, 1.165) is 0 Å². The van der Waals surface area contributed by atoms with Crippen molar-refractivity contribution in [3.8, 4) is 11.8 Å². The number of ether oxygens (including phenoxy) is 1. The molecule has 0 saturated carbocycles. The highest BCUT2D eigenvalue weighted by Gasteiger charge is 2.09. The summed E-state index contributed by atoms with van der Waals surface area (Å²) in [6.07, 6.45) is 2.21. The van der Waals surface area contributed by atoms with Crippen molar-refractivity contribution >= 4 is 17.9 Å². The van der Waals surface area contributed by atoms with Crippen LogP contribution in [0.4, 0.5) is 0 Å². The Hall–Kier alpha value is -2.38. The van der Waals surface area contributed by atoms with Gasteiger partial charge in [-0.05, 0) is 18.2 Å². The minimum absolute atomic E-state index is 0.126. The van der Waals surface area contributed by atoms with Gasteiger partial charge in [-0.1, -0.05) is 23.7 Å². The van der Waals surface area contributed by atoms with E-state index in [0.29, 0.717) is 33.9 Å². The molecule has 1 heterocycles. The summed E-state index contributed by atoms with van der Waals surface area (Å²) in [5, 5.41) is 9.27. The van der Waals surface area contributed by atoms with Gasteiger partial charge in [0.15, 0.2) is 6.29 Å². The van der Waals surface area contributed by atoms with Crippen molar-refractivity contribution in [3.63, 3.8) is 0 Å². The van der Waals surface area contributed by atoms with Crippen LogP contribution in [0.5, 0.6) is 5.75 Å². The van der Waals surface area contributed by atoms with Gasteiger partial charge in [0.2, 0.25) is 0 Å². The molecule has 2 rings (SSSR count). The molecule has 0 amide bonds. The van der Waals surface area contributed by atoms with Crippen molar-refractivity contribution in [2.75, 3.05) is 0 Å². The molecule has 0 aliphatic carbocycles. The Balaban J connectivity index is 2.24. The average molecular weight is 273 g/mol. The lowest BCUT2D eigenvalue weighted by molar-refractivity contribution is 0.111. The molecule has 5 heteroatoms. The van der Waals surface area contributed by atoms with E-state index in [1.54, 1.807) is 30.3 Å². The highest BCUT2D eigenvalue weighted by molar-refractivity contribution is 6.32. The van der Waals surface area contributed by atoms with E-state index >= 15 is 0 Å². The number of nitriles is 1. The molecule has 0 N–H and O–H groups in total. The van der Waals surface area contributed by atoms with Crippen molar-refractivity contribution in [2.24, 2.45) is 0 Å². The lowest BCUT2D eigenvalue weighted by Crippen LogP contribution is -2.02. The molecule has 94 valence electrons. The number of para-hydroxylation sites is 1. The first kappa shape index (κ1) is 13.1. The predicted octanol–water partition coefficient (Wildman–Crippen LogP) is 3.00. The number of carbonyl (C=O) groups is 1. The molecule has 0 aliphatic rings. The maximum atomic E-state index is 10.9. The number of benzene rings is 1. The summed E-state index contributed by atoms with van der Waals surface area (Å²) < 4.78 is 5.53. The zero-order chi connectivity index (χ0) is 13.7. The lowest BCUT2D eigenvalue weighted by atomic mass is 10.2. The maximum absolute atomic E-state index is 10.9. The summed E-state index contributed by atoms with van der Waals surface area (Å²) in [5.41, 5.74) is 1.30. The lowest BCUT2D eigenvalue weighted by Gasteiger charge is -2.10. The van der Waals surface area contributed by atoms with Crippen molar-refractivity contribution in [3.05, 3.63) is 58.4 Å². The second-order valence-corrected chi connectivity index (χ2v) is 4.09. The fraction of sp³-hybridized carbons (Fsp3) is 0.0714. The summed E-state index contributed by atoms with van der Waals surface area (Å²) in [5.74, 6) is 0.312. The standard InChI is InChI=1S/C14H9ClN2O2/c15-12-5-1-3-10(8-18)14(12)19-9-11-4-2-6-17-13(11)7-16/h1-6,8H,9H2. The highest BCUT2D eigenvalue weighted by Crippen LogP contribution is 2.28. The fourth-order valence-electron chi connectivity index (χ4n) is 1.58. The third-order valence-corrected chi connectivity index (χ3v) is 2.79. The van der Waals surface area contributed by atoms with E-state index in [9.17, 15) is 4.79 Å². The molecular weight excluding hydrogens is 264 g/mol. The molecule has 0 atom stereocenters. The van der Waals surface area contributed by atoms with E-state index in [-0.39, 0.29) is 6.61 Å². The second kappa shape index (κ2) is 5.98. The van der Waals surface area contributed by atoms with Crippen LogP contribution in [0.2, 0.25) is 5.02 Å². The van der Waals surface area contributed by atoms with Crippen LogP contribution in [-0.2, 0) is 6.61 Å². The highest BCUT2D eigenvalue weighted by atomic mass is 35.5. The summed E-state index contributed by atoms with van der Waals surface area (Å²) in [6, 6.07) is 10.4. The van der Waals surface area contributed by atoms with E-state index in [2.05, 4.69) is 4.98 Å². The number of hydrogen-bond acceptors (Lipinski definition) is 4. The molecule has 0 unspecified atom stereocenters. The molecule has 0 bridgehead atoms. The number of aromatic nitrogens is 1. The average Bonchev–Trinajstić information content (AvgIpc) is 2.46. The second-order valence-electron chi connectivity index (χ2n) is 3.69. The molecule has 0 spiro atoms. The van der Waals surface area contributed by atoms with Gasteiger partial charge in [-0.15, -0.1) is 0 Å². The first-order valence-corrected chi connectivity index (χ1v) is 5.84. The van der Waals surface area contributed by atoms with Crippen LogP contribution in [-0.4, -0.2) is 11.3 Å². The van der Waals surface area contributed by atoms with Gasteiger partial charge in [0.1, 0.15) is 24.1 Å². The van der Waals surface area contributed by atoms with E-state index in [1.807, 2.05) is 6.07 Å².